The van der Waals surface area contributed by atoms with Gasteiger partial charge in [-0.3, -0.25) is 11.3 Å². The largest absolute Gasteiger partial charge is 0.385 e. The molecule has 3 heteroatoms. The Hall–Kier alpha value is -0.900. The van der Waals surface area contributed by atoms with E-state index in [2.05, 4.69) is 43.5 Å². The Morgan fingerprint density at radius 3 is 2.39 bits per heavy atom. The topological polar surface area (TPSA) is 47.3 Å². The van der Waals surface area contributed by atoms with Gasteiger partial charge in [0.05, 0.1) is 0 Å². The summed E-state index contributed by atoms with van der Waals surface area (Å²) in [4.78, 5) is 0. The van der Waals surface area contributed by atoms with Crippen LogP contribution in [-0.4, -0.2) is 19.8 Å². The summed E-state index contributed by atoms with van der Waals surface area (Å²) >= 11 is 0. The molecule has 0 saturated heterocycles. The summed E-state index contributed by atoms with van der Waals surface area (Å²) in [6.45, 7) is 5.22. The van der Waals surface area contributed by atoms with Crippen molar-refractivity contribution >= 4 is 0 Å². The molecule has 3 nitrogen and oxygen atoms in total. The number of nitrogens with two attached hydrogens (primary N) is 1. The number of rotatable bonds is 8. The Morgan fingerprint density at radius 1 is 1.22 bits per heavy atom. The first-order valence-electron chi connectivity index (χ1n) is 6.71. The summed E-state index contributed by atoms with van der Waals surface area (Å²) in [6, 6.07) is 9.15. The molecule has 0 heterocycles. The lowest BCUT2D eigenvalue weighted by molar-refractivity contribution is 0.188. The van der Waals surface area contributed by atoms with Crippen LogP contribution in [0.1, 0.15) is 43.7 Å². The highest BCUT2D eigenvalue weighted by molar-refractivity contribution is 5.25. The summed E-state index contributed by atoms with van der Waals surface area (Å²) in [5.41, 5.74) is 5.61. The van der Waals surface area contributed by atoms with E-state index >= 15 is 0 Å². The second-order valence-electron chi connectivity index (χ2n) is 5.10. The summed E-state index contributed by atoms with van der Waals surface area (Å²) < 4.78 is 5.06. The Bertz CT molecular complexity index is 322. The molecule has 0 bridgehead atoms. The minimum Gasteiger partial charge on any atom is -0.385 e. The molecule has 1 unspecified atom stereocenters. The molecule has 1 atom stereocenters. The van der Waals surface area contributed by atoms with Crippen LogP contribution in [0.15, 0.2) is 24.3 Å². The van der Waals surface area contributed by atoms with Gasteiger partial charge in [-0.25, -0.2) is 0 Å². The fourth-order valence-electron chi connectivity index (χ4n) is 2.04. The molecular formula is C15H26N2O. The Morgan fingerprint density at radius 2 is 1.89 bits per heavy atom. The fourth-order valence-corrected chi connectivity index (χ4v) is 2.04. The Balaban J connectivity index is 2.48. The molecule has 0 saturated carbocycles. The average molecular weight is 250 g/mol. The number of benzene rings is 1. The van der Waals surface area contributed by atoms with E-state index in [9.17, 15) is 0 Å². The third-order valence-electron chi connectivity index (χ3n) is 3.27. The highest BCUT2D eigenvalue weighted by atomic mass is 16.5. The van der Waals surface area contributed by atoms with Crippen molar-refractivity contribution < 1.29 is 4.74 Å². The maximum absolute atomic E-state index is 5.59. The Labute approximate surface area is 111 Å². The van der Waals surface area contributed by atoms with E-state index in [-0.39, 0.29) is 0 Å². The van der Waals surface area contributed by atoms with E-state index in [1.807, 2.05) is 0 Å². The first kappa shape index (κ1) is 15.2. The molecule has 0 aromatic heterocycles. The molecule has 1 rings (SSSR count). The summed E-state index contributed by atoms with van der Waals surface area (Å²) in [5, 5.41) is 0. The molecule has 0 fully saturated rings. The molecule has 1 aromatic carbocycles. The van der Waals surface area contributed by atoms with Crippen LogP contribution < -0.4 is 11.3 Å². The molecule has 18 heavy (non-hydrogen) atoms. The van der Waals surface area contributed by atoms with Crippen molar-refractivity contribution in [3.05, 3.63) is 35.4 Å². The molecule has 0 aliphatic rings. The van der Waals surface area contributed by atoms with Crippen LogP contribution in [-0.2, 0) is 11.2 Å². The maximum atomic E-state index is 5.59. The molecule has 102 valence electrons. The second kappa shape index (κ2) is 8.25. The zero-order chi connectivity index (χ0) is 13.4. The van der Waals surface area contributed by atoms with Crippen LogP contribution in [0, 0.1) is 0 Å². The molecule has 3 N–H and O–H groups in total. The standard InChI is InChI=1S/C15H26N2O/c1-12(2)14-8-6-13(7-9-14)11-15(17-16)5-4-10-18-3/h6-9,12,15,17H,4-5,10-11,16H2,1-3H3. The van der Waals surface area contributed by atoms with Crippen LogP contribution in [0.4, 0.5) is 0 Å². The molecule has 0 amide bonds. The van der Waals surface area contributed by atoms with Gasteiger partial charge in [0.2, 0.25) is 0 Å². The second-order valence-corrected chi connectivity index (χ2v) is 5.10. The smallest absolute Gasteiger partial charge is 0.0462 e. The third kappa shape index (κ3) is 5.17. The maximum Gasteiger partial charge on any atom is 0.0462 e. The van der Waals surface area contributed by atoms with E-state index in [1.165, 1.54) is 11.1 Å². The van der Waals surface area contributed by atoms with Crippen LogP contribution >= 0.6 is 0 Å². The number of nitrogens with one attached hydrogen (secondary N) is 1. The Kier molecular flexibility index (Phi) is 6.94. The number of hydrogen-bond donors (Lipinski definition) is 2. The predicted molar refractivity (Wildman–Crippen MR) is 76.5 cm³/mol. The van der Waals surface area contributed by atoms with Gasteiger partial charge in [-0.05, 0) is 36.3 Å². The van der Waals surface area contributed by atoms with Gasteiger partial charge in [0.15, 0.2) is 0 Å². The zero-order valence-corrected chi connectivity index (χ0v) is 11.8. The van der Waals surface area contributed by atoms with E-state index < -0.39 is 0 Å². The van der Waals surface area contributed by atoms with Gasteiger partial charge in [0, 0.05) is 19.8 Å². The van der Waals surface area contributed by atoms with Crippen LogP contribution in [0.5, 0.6) is 0 Å². The number of hydrazine groups is 1. The molecule has 0 radical (unpaired) electrons. The van der Waals surface area contributed by atoms with Gasteiger partial charge in [-0.2, -0.15) is 0 Å². The minimum atomic E-state index is 0.324. The van der Waals surface area contributed by atoms with Crippen molar-refractivity contribution in [2.24, 2.45) is 5.84 Å². The minimum absolute atomic E-state index is 0.324. The first-order chi connectivity index (χ1) is 8.67. The fraction of sp³-hybridized carbons (Fsp3) is 0.600. The normalized spacial score (nSPS) is 12.9. The lowest BCUT2D eigenvalue weighted by atomic mass is 9.98. The van der Waals surface area contributed by atoms with Gasteiger partial charge in [0.1, 0.15) is 0 Å². The van der Waals surface area contributed by atoms with E-state index in [1.54, 1.807) is 7.11 Å². The van der Waals surface area contributed by atoms with E-state index in [4.69, 9.17) is 10.6 Å². The first-order valence-corrected chi connectivity index (χ1v) is 6.71. The number of methoxy groups -OCH3 is 1. The molecule has 0 spiro atoms. The lowest BCUT2D eigenvalue weighted by Crippen LogP contribution is -2.36. The monoisotopic (exact) mass is 250 g/mol. The van der Waals surface area contributed by atoms with Crippen LogP contribution in [0.3, 0.4) is 0 Å². The SMILES string of the molecule is COCCCC(Cc1ccc(C(C)C)cc1)NN. The van der Waals surface area contributed by atoms with Crippen molar-refractivity contribution in [1.29, 1.82) is 0 Å². The molecule has 0 aliphatic carbocycles. The third-order valence-corrected chi connectivity index (χ3v) is 3.27. The van der Waals surface area contributed by atoms with Crippen LogP contribution in [0.2, 0.25) is 0 Å². The number of ether oxygens (including phenoxy) is 1. The average Bonchev–Trinajstić information content (AvgIpc) is 2.38. The summed E-state index contributed by atoms with van der Waals surface area (Å²) in [7, 11) is 1.73. The van der Waals surface area contributed by atoms with Crippen molar-refractivity contribution in [1.82, 2.24) is 5.43 Å². The van der Waals surface area contributed by atoms with Gasteiger partial charge < -0.3 is 4.74 Å². The number of hydrogen-bond acceptors (Lipinski definition) is 3. The zero-order valence-electron chi connectivity index (χ0n) is 11.8. The van der Waals surface area contributed by atoms with Gasteiger partial charge in [0.25, 0.3) is 0 Å². The van der Waals surface area contributed by atoms with Crippen molar-refractivity contribution in [2.45, 2.75) is 45.1 Å². The van der Waals surface area contributed by atoms with Gasteiger partial charge >= 0.3 is 0 Å². The quantitative estimate of drug-likeness (QED) is 0.423. The lowest BCUT2D eigenvalue weighted by Gasteiger charge is -2.16. The van der Waals surface area contributed by atoms with Crippen molar-refractivity contribution in [2.75, 3.05) is 13.7 Å². The van der Waals surface area contributed by atoms with Crippen molar-refractivity contribution in [3.63, 3.8) is 0 Å². The highest BCUT2D eigenvalue weighted by Crippen LogP contribution is 2.16. The van der Waals surface area contributed by atoms with E-state index in [0.29, 0.717) is 12.0 Å². The van der Waals surface area contributed by atoms with Gasteiger partial charge in [-0.1, -0.05) is 38.1 Å². The molecular weight excluding hydrogens is 224 g/mol. The van der Waals surface area contributed by atoms with Crippen molar-refractivity contribution in [3.8, 4) is 0 Å². The predicted octanol–water partition coefficient (Wildman–Crippen LogP) is 2.61. The van der Waals surface area contributed by atoms with Crippen LogP contribution in [0.25, 0.3) is 0 Å². The van der Waals surface area contributed by atoms with Gasteiger partial charge in [-0.15, -0.1) is 0 Å². The molecule has 0 aliphatic heterocycles. The summed E-state index contributed by atoms with van der Waals surface area (Å²) in [6.07, 6.45) is 3.05. The molecule has 1 aromatic rings. The summed E-state index contributed by atoms with van der Waals surface area (Å²) in [5.74, 6) is 6.18. The highest BCUT2D eigenvalue weighted by Gasteiger charge is 2.08. The van der Waals surface area contributed by atoms with E-state index in [0.717, 1.165) is 25.9 Å².